The summed E-state index contributed by atoms with van der Waals surface area (Å²) in [5, 5.41) is 21.5. The van der Waals surface area contributed by atoms with Crippen LogP contribution in [-0.4, -0.2) is 48.6 Å². The van der Waals surface area contributed by atoms with Crippen molar-refractivity contribution in [2.75, 3.05) is 14.2 Å². The largest absolute Gasteiger partial charge is 0.481 e. The number of methoxy groups -OCH3 is 2. The monoisotopic (exact) mass is 941 g/mol. The van der Waals surface area contributed by atoms with E-state index in [1.165, 1.54) is 75.4 Å². The summed E-state index contributed by atoms with van der Waals surface area (Å²) in [6.45, 7) is 38.4. The molecule has 10 aliphatic rings. The molecule has 0 aromatic carbocycles. The van der Waals surface area contributed by atoms with Gasteiger partial charge in [0.05, 0.1) is 30.1 Å². The Kier molecular flexibility index (Phi) is 12.4. The van der Waals surface area contributed by atoms with Crippen molar-refractivity contribution in [1.29, 1.82) is 0 Å². The van der Waals surface area contributed by atoms with E-state index in [1.54, 1.807) is 7.11 Å². The molecular weight excluding hydrogens is 841 g/mol. The van der Waals surface area contributed by atoms with Crippen LogP contribution in [0.4, 0.5) is 0 Å². The van der Waals surface area contributed by atoms with Gasteiger partial charge in [-0.25, -0.2) is 0 Å². The molecule has 10 saturated carbocycles. The molecule has 0 heterocycles. The van der Waals surface area contributed by atoms with Gasteiger partial charge in [-0.05, 0) is 245 Å². The van der Waals surface area contributed by atoms with Gasteiger partial charge in [-0.3, -0.25) is 9.59 Å². The Labute approximate surface area is 415 Å². The number of aliphatic carboxylic acids is 1. The number of ether oxygens (including phenoxy) is 2. The molecule has 0 amide bonds. The highest BCUT2D eigenvalue weighted by Crippen LogP contribution is 2.80. The summed E-state index contributed by atoms with van der Waals surface area (Å²) in [7, 11) is 3.50. The fourth-order valence-corrected chi connectivity index (χ4v) is 23.6. The van der Waals surface area contributed by atoms with Gasteiger partial charge in [0.15, 0.2) is 0 Å². The summed E-state index contributed by atoms with van der Waals surface area (Å²) in [4.78, 5) is 26.1. The molecule has 384 valence electrons. The molecule has 10 aliphatic carbocycles. The summed E-state index contributed by atoms with van der Waals surface area (Å²) in [6.07, 6.45) is 22.8. The van der Waals surface area contributed by atoms with Crippen molar-refractivity contribution in [3.63, 3.8) is 0 Å². The molecule has 0 unspecified atom stereocenters. The number of allylic oxidation sites excluding steroid dienone is 2. The molecule has 0 aliphatic heterocycles. The highest BCUT2D eigenvalue weighted by atomic mass is 16.5. The Morgan fingerprint density at radius 2 is 0.926 bits per heavy atom. The van der Waals surface area contributed by atoms with Crippen LogP contribution in [0.1, 0.15) is 212 Å². The van der Waals surface area contributed by atoms with Crippen LogP contribution >= 0.6 is 0 Å². The minimum atomic E-state index is -0.522. The second-order valence-electron chi connectivity index (χ2n) is 29.4. The van der Waals surface area contributed by atoms with E-state index in [-0.39, 0.29) is 55.9 Å². The predicted molar refractivity (Wildman–Crippen MR) is 274 cm³/mol. The maximum atomic E-state index is 13.3. The number of carboxylic acid groups (broad SMARTS) is 1. The number of fused-ring (bicyclic) bond motifs is 14. The number of hydrogen-bond donors (Lipinski definition) is 2. The fourth-order valence-electron chi connectivity index (χ4n) is 23.6. The zero-order valence-electron chi connectivity index (χ0n) is 46.0. The van der Waals surface area contributed by atoms with E-state index in [4.69, 9.17) is 9.47 Å². The zero-order valence-corrected chi connectivity index (χ0v) is 46.0. The summed E-state index contributed by atoms with van der Waals surface area (Å²) >= 11 is 0. The lowest BCUT2D eigenvalue weighted by Crippen LogP contribution is -2.67. The van der Waals surface area contributed by atoms with Crippen molar-refractivity contribution in [3.05, 3.63) is 24.3 Å². The van der Waals surface area contributed by atoms with Crippen LogP contribution in [0.25, 0.3) is 0 Å². The minimum absolute atomic E-state index is 0.00478. The van der Waals surface area contributed by atoms with Crippen LogP contribution in [0.3, 0.4) is 0 Å². The maximum absolute atomic E-state index is 13.3. The first-order chi connectivity index (χ1) is 31.6. The smallest absolute Gasteiger partial charge is 0.312 e. The van der Waals surface area contributed by atoms with Crippen LogP contribution in [-0.2, 0) is 19.1 Å². The lowest BCUT2D eigenvalue weighted by Gasteiger charge is -2.72. The number of rotatable bonds is 5. The highest BCUT2D eigenvalue weighted by Gasteiger charge is 2.74. The average molecular weight is 941 g/mol. The van der Waals surface area contributed by atoms with Gasteiger partial charge in [-0.2, -0.15) is 0 Å². The van der Waals surface area contributed by atoms with E-state index in [0.717, 1.165) is 70.1 Å². The number of esters is 1. The molecule has 68 heavy (non-hydrogen) atoms. The summed E-state index contributed by atoms with van der Waals surface area (Å²) in [5.41, 5.74) is 3.55. The van der Waals surface area contributed by atoms with Gasteiger partial charge in [-0.1, -0.05) is 93.5 Å². The first kappa shape index (κ1) is 51.2. The second-order valence-corrected chi connectivity index (χ2v) is 29.4. The lowest BCUT2D eigenvalue weighted by molar-refractivity contribution is -0.249. The third-order valence-electron chi connectivity index (χ3n) is 27.4. The SMILES string of the molecule is C=C(C)[C@@H]1CC[C@]2(C(=O)O)CC[C@]3(C)[C@H](CC[C@@H]4[C@@]5(C)CC[C@H](OC)C(C)(C)[C@@H]5CC[C@]43C)[C@@H]12.C=C(C)[C@@H]1CC[C@]2(C(=O)OC)CC[C@]3(C)[C@H](CC[C@@H]4[C@@]5(C)CC[C@H](O)C(C)(C)[C@@H]5CC[C@]43C)[C@@H]12. The number of carbonyl (C=O) groups excluding carboxylic acids is 1. The van der Waals surface area contributed by atoms with Crippen molar-refractivity contribution in [2.45, 2.75) is 224 Å². The van der Waals surface area contributed by atoms with Crippen molar-refractivity contribution in [1.82, 2.24) is 0 Å². The Balaban J connectivity index is 0.000000170. The van der Waals surface area contributed by atoms with E-state index in [2.05, 4.69) is 96.2 Å². The standard InChI is InChI=1S/2C31H50O3/c1-19(2)20-11-16-31(26(32)33)18-17-29(6)21(25(20)31)9-10-23-28(5)14-13-24(34-8)27(3,4)22(28)12-15-30(23,29)7;1-19(2)20-11-16-31(26(33)34-8)18-17-29(6)21(25(20)31)9-10-23-28(5)14-13-24(32)27(3,4)22(28)12-15-30(23,29)7/h20-25H,1,9-18H2,2-8H3,(H,32,33);20-25,32H,1,9-18H2,2-8H3/t2*20-,21+,22-,23+,24-,25+,28-,29+,30+,31-/m00/s1. The first-order valence-electron chi connectivity index (χ1n) is 28.4. The van der Waals surface area contributed by atoms with E-state index in [0.29, 0.717) is 64.3 Å². The van der Waals surface area contributed by atoms with Gasteiger partial charge in [0.2, 0.25) is 0 Å². The van der Waals surface area contributed by atoms with Crippen LogP contribution in [0, 0.1) is 113 Å². The van der Waals surface area contributed by atoms with Gasteiger partial charge in [0.1, 0.15) is 0 Å². The Bertz CT molecular complexity index is 2040. The van der Waals surface area contributed by atoms with Gasteiger partial charge in [0.25, 0.3) is 0 Å². The van der Waals surface area contributed by atoms with Gasteiger partial charge >= 0.3 is 11.9 Å². The van der Waals surface area contributed by atoms with Gasteiger partial charge < -0.3 is 19.7 Å². The molecular formula is C62H100O6. The van der Waals surface area contributed by atoms with Crippen molar-refractivity contribution in [3.8, 4) is 0 Å². The third kappa shape index (κ3) is 6.43. The summed E-state index contributed by atoms with van der Waals surface area (Å²) < 4.78 is 11.5. The van der Waals surface area contributed by atoms with E-state index in [9.17, 15) is 19.8 Å². The van der Waals surface area contributed by atoms with E-state index in [1.807, 2.05) is 7.11 Å². The van der Waals surface area contributed by atoms with Crippen LogP contribution < -0.4 is 0 Å². The Morgan fingerprint density at radius 3 is 1.38 bits per heavy atom. The number of carbonyl (C=O) groups is 2. The van der Waals surface area contributed by atoms with Crippen molar-refractivity contribution >= 4 is 11.9 Å². The van der Waals surface area contributed by atoms with Gasteiger partial charge in [-0.15, -0.1) is 0 Å². The molecule has 20 atom stereocenters. The highest BCUT2D eigenvalue weighted by molar-refractivity contribution is 5.78. The molecule has 0 bridgehead atoms. The summed E-state index contributed by atoms with van der Waals surface area (Å²) in [5.74, 6) is 4.78. The molecule has 2 N–H and O–H groups in total. The average Bonchev–Trinajstić information content (AvgIpc) is 3.87. The molecule has 0 aromatic heterocycles. The van der Waals surface area contributed by atoms with Gasteiger partial charge in [0, 0.05) is 7.11 Å². The summed E-state index contributed by atoms with van der Waals surface area (Å²) in [6, 6.07) is 0. The Hall–Kier alpha value is -1.66. The maximum Gasteiger partial charge on any atom is 0.312 e. The van der Waals surface area contributed by atoms with E-state index >= 15 is 0 Å². The molecule has 6 nitrogen and oxygen atoms in total. The normalized spacial score (nSPS) is 53.7. The molecule has 10 rings (SSSR count). The number of carboxylic acids is 1. The van der Waals surface area contributed by atoms with Crippen molar-refractivity contribution < 1.29 is 29.3 Å². The molecule has 0 spiro atoms. The molecule has 6 heteroatoms. The zero-order chi connectivity index (χ0) is 49.8. The lowest BCUT2D eigenvalue weighted by atomic mass is 9.32. The quantitative estimate of drug-likeness (QED) is 0.211. The number of hydrogen-bond acceptors (Lipinski definition) is 5. The minimum Gasteiger partial charge on any atom is -0.481 e. The van der Waals surface area contributed by atoms with Crippen molar-refractivity contribution in [2.24, 2.45) is 113 Å². The van der Waals surface area contributed by atoms with Crippen LogP contribution in [0.15, 0.2) is 24.3 Å². The fraction of sp³-hybridized carbons (Fsp3) is 0.903. The molecule has 0 saturated heterocycles. The first-order valence-corrected chi connectivity index (χ1v) is 28.4. The Morgan fingerprint density at radius 1 is 0.485 bits per heavy atom. The van der Waals surface area contributed by atoms with Crippen LogP contribution in [0.5, 0.6) is 0 Å². The predicted octanol–water partition coefficient (Wildman–Crippen LogP) is 14.9. The molecule has 0 aromatic rings. The van der Waals surface area contributed by atoms with E-state index < -0.39 is 11.4 Å². The third-order valence-corrected chi connectivity index (χ3v) is 27.4. The molecule has 10 fully saturated rings. The topological polar surface area (TPSA) is 93.1 Å². The second kappa shape index (κ2) is 16.4. The van der Waals surface area contributed by atoms with Crippen LogP contribution in [0.2, 0.25) is 0 Å². The number of aliphatic hydroxyl groups is 1. The molecule has 0 radical (unpaired) electrons. The number of aliphatic hydroxyl groups excluding tert-OH is 1.